The number of carbonyl (C=O) groups is 1. The molecule has 1 amide bonds. The van der Waals surface area contributed by atoms with Crippen LogP contribution in [0.1, 0.15) is 40.4 Å². The summed E-state index contributed by atoms with van der Waals surface area (Å²) in [7, 11) is -2.31. The molecule has 3 aromatic carbocycles. The summed E-state index contributed by atoms with van der Waals surface area (Å²) in [6, 6.07) is 27.3. The Hall–Kier alpha value is -3.92. The van der Waals surface area contributed by atoms with Crippen molar-refractivity contribution in [2.45, 2.75) is 50.7 Å². The Morgan fingerprint density at radius 3 is 2.23 bits per heavy atom. The number of nitrogens with zero attached hydrogens (tertiary/aromatic N) is 3. The van der Waals surface area contributed by atoms with Gasteiger partial charge in [0.1, 0.15) is 12.4 Å². The highest BCUT2D eigenvalue weighted by Crippen LogP contribution is 2.31. The number of benzene rings is 3. The molecule has 0 aliphatic carbocycles. The molecule has 0 saturated carbocycles. The predicted molar refractivity (Wildman–Crippen MR) is 171 cm³/mol. The zero-order chi connectivity index (χ0) is 31.1. The molecule has 8 nitrogen and oxygen atoms in total. The van der Waals surface area contributed by atoms with Crippen molar-refractivity contribution in [2.75, 3.05) is 33.4 Å². The van der Waals surface area contributed by atoms with E-state index in [4.69, 9.17) is 9.47 Å². The smallest absolute Gasteiger partial charge is 0.249 e. The van der Waals surface area contributed by atoms with Crippen LogP contribution in [0.25, 0.3) is 0 Å². The molecule has 1 aliphatic heterocycles. The van der Waals surface area contributed by atoms with Crippen molar-refractivity contribution in [3.05, 3.63) is 119 Å². The normalized spacial score (nSPS) is 14.9. The standard InChI is InChI=1S/C35H41N3O5S/c1-27-23-31(42-3)24-28(2)35(27)44(40,41)37(25-30-13-8-5-9-14-30)21-22-43-26-34(39)38-20-19-36-18-10-15-32(36)33(38)17-16-29-11-6-4-7-12-29/h4-15,18,23-24,33H,16-17,19-22,25-26H2,1-3H3. The second-order valence-corrected chi connectivity index (χ2v) is 13.1. The molecule has 4 aromatic rings. The average Bonchev–Trinajstić information content (AvgIpc) is 3.51. The highest BCUT2D eigenvalue weighted by molar-refractivity contribution is 7.89. The number of rotatable bonds is 13. The first-order valence-corrected chi connectivity index (χ1v) is 16.5. The fourth-order valence-electron chi connectivity index (χ4n) is 6.06. The number of aromatic nitrogens is 1. The van der Waals surface area contributed by atoms with Gasteiger partial charge in [0.2, 0.25) is 15.9 Å². The molecule has 232 valence electrons. The molecule has 1 unspecified atom stereocenters. The van der Waals surface area contributed by atoms with Crippen molar-refractivity contribution in [1.29, 1.82) is 0 Å². The molecule has 1 atom stereocenters. The van der Waals surface area contributed by atoms with Gasteiger partial charge in [0.05, 0.1) is 24.7 Å². The highest BCUT2D eigenvalue weighted by atomic mass is 32.2. The Bertz CT molecular complexity index is 1630. The third kappa shape index (κ3) is 7.23. The van der Waals surface area contributed by atoms with Crippen LogP contribution in [0.5, 0.6) is 5.75 Å². The highest BCUT2D eigenvalue weighted by Gasteiger charge is 2.31. The number of sulfonamides is 1. The van der Waals surface area contributed by atoms with Crippen molar-refractivity contribution in [1.82, 2.24) is 13.8 Å². The van der Waals surface area contributed by atoms with E-state index in [1.54, 1.807) is 33.1 Å². The predicted octanol–water partition coefficient (Wildman–Crippen LogP) is 5.54. The molecule has 0 bridgehead atoms. The zero-order valence-electron chi connectivity index (χ0n) is 25.7. The lowest BCUT2D eigenvalue weighted by Crippen LogP contribution is -2.44. The first kappa shape index (κ1) is 31.5. The molecule has 2 heterocycles. The number of ether oxygens (including phenoxy) is 2. The van der Waals surface area contributed by atoms with Gasteiger partial charge in [0.15, 0.2) is 0 Å². The van der Waals surface area contributed by atoms with Gasteiger partial charge in [-0.05, 0) is 73.2 Å². The van der Waals surface area contributed by atoms with E-state index in [2.05, 4.69) is 29.0 Å². The minimum absolute atomic E-state index is 0.0500. The van der Waals surface area contributed by atoms with E-state index in [0.29, 0.717) is 23.4 Å². The number of amides is 1. The summed E-state index contributed by atoms with van der Waals surface area (Å²) in [4.78, 5) is 15.7. The van der Waals surface area contributed by atoms with Crippen molar-refractivity contribution in [3.8, 4) is 5.75 Å². The molecule has 5 rings (SSSR count). The number of hydrogen-bond donors (Lipinski definition) is 0. The fourth-order valence-corrected chi connectivity index (χ4v) is 7.88. The Kier molecular flexibility index (Phi) is 10.2. The minimum Gasteiger partial charge on any atom is -0.497 e. The van der Waals surface area contributed by atoms with Gasteiger partial charge < -0.3 is 18.9 Å². The molecule has 1 aliphatic rings. The van der Waals surface area contributed by atoms with Crippen LogP contribution < -0.4 is 4.74 Å². The van der Waals surface area contributed by atoms with Crippen molar-refractivity contribution >= 4 is 15.9 Å². The summed E-state index contributed by atoms with van der Waals surface area (Å²) < 4.78 is 43.0. The van der Waals surface area contributed by atoms with Crippen molar-refractivity contribution in [3.63, 3.8) is 0 Å². The average molecular weight is 616 g/mol. The van der Waals surface area contributed by atoms with Crippen LogP contribution in [-0.4, -0.2) is 61.5 Å². The molecular formula is C35H41N3O5S. The molecule has 1 aromatic heterocycles. The maximum atomic E-state index is 14.0. The van der Waals surface area contributed by atoms with E-state index in [1.807, 2.05) is 59.5 Å². The lowest BCUT2D eigenvalue weighted by Gasteiger charge is -2.37. The van der Waals surface area contributed by atoms with Gasteiger partial charge >= 0.3 is 0 Å². The van der Waals surface area contributed by atoms with Crippen LogP contribution in [0.3, 0.4) is 0 Å². The Morgan fingerprint density at radius 1 is 0.909 bits per heavy atom. The summed E-state index contributed by atoms with van der Waals surface area (Å²) >= 11 is 0. The maximum absolute atomic E-state index is 14.0. The van der Waals surface area contributed by atoms with E-state index < -0.39 is 10.0 Å². The van der Waals surface area contributed by atoms with Crippen LogP contribution in [0, 0.1) is 13.8 Å². The van der Waals surface area contributed by atoms with Gasteiger partial charge in [0.25, 0.3) is 0 Å². The topological polar surface area (TPSA) is 81.1 Å². The van der Waals surface area contributed by atoms with E-state index in [1.165, 1.54) is 9.87 Å². The van der Waals surface area contributed by atoms with E-state index in [0.717, 1.165) is 30.6 Å². The second kappa shape index (κ2) is 14.2. The van der Waals surface area contributed by atoms with Gasteiger partial charge in [-0.1, -0.05) is 60.7 Å². The minimum atomic E-state index is -3.88. The van der Waals surface area contributed by atoms with E-state index in [9.17, 15) is 13.2 Å². The SMILES string of the molecule is COc1cc(C)c(S(=O)(=O)N(CCOCC(=O)N2CCn3cccc3C2CCc2ccccc2)Cc2ccccc2)c(C)c1. The third-order valence-corrected chi connectivity index (χ3v) is 10.4. The third-order valence-electron chi connectivity index (χ3n) is 8.21. The van der Waals surface area contributed by atoms with E-state index in [-0.39, 0.29) is 43.1 Å². The molecule has 44 heavy (non-hydrogen) atoms. The first-order chi connectivity index (χ1) is 21.3. The largest absolute Gasteiger partial charge is 0.497 e. The van der Waals surface area contributed by atoms with Crippen LogP contribution in [0.15, 0.2) is 96.0 Å². The molecule has 0 spiro atoms. The van der Waals surface area contributed by atoms with Crippen molar-refractivity contribution in [2.24, 2.45) is 0 Å². The zero-order valence-corrected chi connectivity index (χ0v) is 26.5. The van der Waals surface area contributed by atoms with Crippen molar-refractivity contribution < 1.29 is 22.7 Å². The summed E-state index contributed by atoms with van der Waals surface area (Å²) in [5, 5.41) is 0. The van der Waals surface area contributed by atoms with Crippen LogP contribution in [0.4, 0.5) is 0 Å². The summed E-state index contributed by atoms with van der Waals surface area (Å²) in [5.41, 5.74) is 4.47. The summed E-state index contributed by atoms with van der Waals surface area (Å²) in [6.07, 6.45) is 3.73. The van der Waals surface area contributed by atoms with Gasteiger partial charge in [-0.2, -0.15) is 4.31 Å². The number of aryl methyl sites for hydroxylation is 3. The number of methoxy groups -OCH3 is 1. The molecular weight excluding hydrogens is 574 g/mol. The Morgan fingerprint density at radius 2 is 1.57 bits per heavy atom. The lowest BCUT2D eigenvalue weighted by atomic mass is 10.00. The fraction of sp³-hybridized carbons (Fsp3) is 0.343. The van der Waals surface area contributed by atoms with Crippen LogP contribution in [0.2, 0.25) is 0 Å². The second-order valence-electron chi connectivity index (χ2n) is 11.2. The summed E-state index contributed by atoms with van der Waals surface area (Å²) in [6.45, 7) is 5.18. The number of hydrogen-bond acceptors (Lipinski definition) is 5. The summed E-state index contributed by atoms with van der Waals surface area (Å²) in [5.74, 6) is 0.525. The van der Waals surface area contributed by atoms with Gasteiger partial charge in [-0.25, -0.2) is 8.42 Å². The molecule has 0 N–H and O–H groups in total. The molecule has 0 saturated heterocycles. The van der Waals surface area contributed by atoms with Gasteiger partial charge in [-0.15, -0.1) is 0 Å². The van der Waals surface area contributed by atoms with Gasteiger partial charge in [0, 0.05) is 38.1 Å². The Balaban J connectivity index is 1.27. The number of fused-ring (bicyclic) bond motifs is 1. The number of carbonyl (C=O) groups excluding carboxylic acids is 1. The lowest BCUT2D eigenvalue weighted by molar-refractivity contribution is -0.140. The monoisotopic (exact) mass is 615 g/mol. The van der Waals surface area contributed by atoms with Crippen LogP contribution in [-0.2, 0) is 39.1 Å². The molecule has 0 fully saturated rings. The maximum Gasteiger partial charge on any atom is 0.249 e. The molecule has 9 heteroatoms. The van der Waals surface area contributed by atoms with Crippen LogP contribution >= 0.6 is 0 Å². The van der Waals surface area contributed by atoms with Gasteiger partial charge in [-0.3, -0.25) is 4.79 Å². The first-order valence-electron chi connectivity index (χ1n) is 15.0. The Labute approximate surface area is 260 Å². The van der Waals surface area contributed by atoms with E-state index >= 15 is 0 Å². The quantitative estimate of drug-likeness (QED) is 0.185. The molecule has 0 radical (unpaired) electrons.